The maximum absolute atomic E-state index is 10.5. The smallest absolute Gasteiger partial charge is 0.0828 e. The molecule has 0 saturated heterocycles. The van der Waals surface area contributed by atoms with E-state index in [1.54, 1.807) is 12.3 Å². The molecule has 1 rings (SSSR count). The third-order valence-electron chi connectivity index (χ3n) is 1.12. The van der Waals surface area contributed by atoms with Gasteiger partial charge >= 0.3 is 0 Å². The highest BCUT2D eigenvalue weighted by molar-refractivity contribution is 7.77. The second-order valence-electron chi connectivity index (χ2n) is 2.01. The second-order valence-corrected chi connectivity index (χ2v) is 2.38. The summed E-state index contributed by atoms with van der Waals surface area (Å²) in [6.45, 7) is 1.91. The van der Waals surface area contributed by atoms with E-state index in [0.29, 0.717) is 5.69 Å². The predicted octanol–water partition coefficient (Wildman–Crippen LogP) is 1.08. The number of nitrogens with zero attached hydrogens (tertiary/aromatic N) is 1. The van der Waals surface area contributed by atoms with Gasteiger partial charge in [-0.15, -0.1) is 0 Å². The molecule has 0 saturated carbocycles. The van der Waals surface area contributed by atoms with Crippen molar-refractivity contribution in [1.82, 2.24) is 4.98 Å². The fourth-order valence-electron chi connectivity index (χ4n) is 0.589. The Hall–Kier alpha value is -0.960. The van der Waals surface area contributed by atoms with Crippen molar-refractivity contribution < 1.29 is 4.79 Å². The van der Waals surface area contributed by atoms with Gasteiger partial charge in [-0.25, -0.2) is 0 Å². The molecule has 2 nitrogen and oxygen atoms in total. The molecule has 0 radical (unpaired) electrons. The average Bonchev–Trinajstić information content (AvgIpc) is 1.88. The van der Waals surface area contributed by atoms with Gasteiger partial charge in [0.05, 0.1) is 10.8 Å². The zero-order chi connectivity index (χ0) is 7.56. The third-order valence-corrected chi connectivity index (χ3v) is 1.33. The van der Waals surface area contributed by atoms with Gasteiger partial charge in [-0.05, 0) is 18.6 Å². The summed E-state index contributed by atoms with van der Waals surface area (Å²) in [4.78, 5) is 14.3. The van der Waals surface area contributed by atoms with E-state index in [0.717, 1.165) is 5.56 Å². The number of rotatable bonds is 1. The number of pyridine rings is 1. The Balaban J connectivity index is 3.00. The Morgan fingerprint density at radius 1 is 1.60 bits per heavy atom. The summed E-state index contributed by atoms with van der Waals surface area (Å²) in [5.74, 6) is 0. The summed E-state index contributed by atoms with van der Waals surface area (Å²) >= 11 is 4.39. The molecule has 3 heteroatoms. The lowest BCUT2D eigenvalue weighted by Gasteiger charge is -2.01. The van der Waals surface area contributed by atoms with Gasteiger partial charge < -0.3 is 17.4 Å². The summed E-state index contributed by atoms with van der Waals surface area (Å²) < 4.78 is 0. The number of aryl methyl sites for hydroxylation is 1. The SMILES string of the molecule is Cc1ccc(C(=O)[S-])nc1. The first-order chi connectivity index (χ1) is 4.70. The quantitative estimate of drug-likeness (QED) is 0.564. The topological polar surface area (TPSA) is 30.0 Å². The zero-order valence-electron chi connectivity index (χ0n) is 5.50. The number of aromatic nitrogens is 1. The molecule has 0 unspecified atom stereocenters. The highest BCUT2D eigenvalue weighted by Crippen LogP contribution is 1.97. The van der Waals surface area contributed by atoms with Crippen LogP contribution in [0.25, 0.3) is 0 Å². The van der Waals surface area contributed by atoms with Crippen molar-refractivity contribution in [2.45, 2.75) is 6.92 Å². The van der Waals surface area contributed by atoms with E-state index in [2.05, 4.69) is 17.6 Å². The molecule has 1 aromatic heterocycles. The van der Waals surface area contributed by atoms with Crippen LogP contribution in [-0.4, -0.2) is 10.1 Å². The normalized spacial score (nSPS) is 9.30. The van der Waals surface area contributed by atoms with Crippen LogP contribution in [0.4, 0.5) is 0 Å². The Morgan fingerprint density at radius 3 is 2.70 bits per heavy atom. The van der Waals surface area contributed by atoms with E-state index in [-0.39, 0.29) is 0 Å². The zero-order valence-corrected chi connectivity index (χ0v) is 6.31. The Bertz CT molecular complexity index is 242. The second kappa shape index (κ2) is 2.75. The van der Waals surface area contributed by atoms with Gasteiger partial charge in [-0.2, -0.15) is 0 Å². The molecule has 0 atom stereocenters. The minimum atomic E-state index is -0.403. The largest absolute Gasteiger partial charge is 0.735 e. The van der Waals surface area contributed by atoms with Crippen molar-refractivity contribution in [3.8, 4) is 0 Å². The lowest BCUT2D eigenvalue weighted by Crippen LogP contribution is -1.96. The minimum absolute atomic E-state index is 0.348. The van der Waals surface area contributed by atoms with Gasteiger partial charge in [-0.1, -0.05) is 6.07 Å². The lowest BCUT2D eigenvalue weighted by molar-refractivity contribution is 0.108. The summed E-state index contributed by atoms with van der Waals surface area (Å²) in [6.07, 6.45) is 1.62. The van der Waals surface area contributed by atoms with Crippen LogP contribution in [0.3, 0.4) is 0 Å². The van der Waals surface area contributed by atoms with Crippen LogP contribution in [-0.2, 0) is 12.6 Å². The summed E-state index contributed by atoms with van der Waals surface area (Å²) in [5, 5.41) is -0.403. The van der Waals surface area contributed by atoms with Crippen molar-refractivity contribution in [3.05, 3.63) is 29.6 Å². The number of carbonyl (C=O) groups excluding carboxylic acids is 1. The highest BCUT2D eigenvalue weighted by atomic mass is 32.1. The van der Waals surface area contributed by atoms with Gasteiger partial charge in [0.15, 0.2) is 0 Å². The van der Waals surface area contributed by atoms with E-state index < -0.39 is 5.12 Å². The van der Waals surface area contributed by atoms with E-state index in [1.165, 1.54) is 0 Å². The Labute approximate surface area is 64.7 Å². The van der Waals surface area contributed by atoms with Gasteiger partial charge in [0.1, 0.15) is 0 Å². The Morgan fingerprint density at radius 2 is 2.30 bits per heavy atom. The molecule has 0 aliphatic heterocycles. The number of hydrogen-bond donors (Lipinski definition) is 0. The van der Waals surface area contributed by atoms with Crippen molar-refractivity contribution >= 4 is 17.7 Å². The first-order valence-electron chi connectivity index (χ1n) is 2.84. The van der Waals surface area contributed by atoms with Crippen LogP contribution < -0.4 is 0 Å². The van der Waals surface area contributed by atoms with Crippen LogP contribution in [0.15, 0.2) is 18.3 Å². The van der Waals surface area contributed by atoms with E-state index in [9.17, 15) is 4.79 Å². The maximum atomic E-state index is 10.5. The summed E-state index contributed by atoms with van der Waals surface area (Å²) in [7, 11) is 0. The molecule has 0 fully saturated rings. The third kappa shape index (κ3) is 1.51. The van der Waals surface area contributed by atoms with Gasteiger partial charge in [0.2, 0.25) is 0 Å². The summed E-state index contributed by atoms with van der Waals surface area (Å²) in [5.41, 5.74) is 1.38. The molecule has 0 N–H and O–H groups in total. The van der Waals surface area contributed by atoms with Crippen LogP contribution in [0, 0.1) is 6.92 Å². The molecule has 0 bridgehead atoms. The lowest BCUT2D eigenvalue weighted by atomic mass is 10.3. The summed E-state index contributed by atoms with van der Waals surface area (Å²) in [6, 6.07) is 3.44. The van der Waals surface area contributed by atoms with Crippen molar-refractivity contribution in [3.63, 3.8) is 0 Å². The van der Waals surface area contributed by atoms with Crippen LogP contribution in [0.2, 0.25) is 0 Å². The van der Waals surface area contributed by atoms with Crippen LogP contribution >= 0.6 is 0 Å². The molecule has 1 heterocycles. The van der Waals surface area contributed by atoms with Crippen molar-refractivity contribution in [2.75, 3.05) is 0 Å². The van der Waals surface area contributed by atoms with Crippen LogP contribution in [0.1, 0.15) is 16.1 Å². The standard InChI is InChI=1S/C7H7NOS/c1-5-2-3-6(7(9)10)8-4-5/h2-4H,1H3,(H,9,10)/p-1. The van der Waals surface area contributed by atoms with E-state index in [1.807, 2.05) is 13.0 Å². The molecule has 10 heavy (non-hydrogen) atoms. The molecule has 1 aromatic rings. The molecule has 0 spiro atoms. The Kier molecular flexibility index (Phi) is 1.97. The highest BCUT2D eigenvalue weighted by Gasteiger charge is 1.90. The first-order valence-corrected chi connectivity index (χ1v) is 3.25. The monoisotopic (exact) mass is 152 g/mol. The molecular weight excluding hydrogens is 146 g/mol. The van der Waals surface area contributed by atoms with Gasteiger partial charge in [-0.3, -0.25) is 4.98 Å². The van der Waals surface area contributed by atoms with E-state index in [4.69, 9.17) is 0 Å². The fourth-order valence-corrected chi connectivity index (χ4v) is 0.709. The molecule has 0 aliphatic carbocycles. The van der Waals surface area contributed by atoms with Crippen LogP contribution in [0.5, 0.6) is 0 Å². The van der Waals surface area contributed by atoms with Crippen molar-refractivity contribution in [2.24, 2.45) is 0 Å². The van der Waals surface area contributed by atoms with E-state index >= 15 is 0 Å². The minimum Gasteiger partial charge on any atom is -0.735 e. The number of hydrogen-bond acceptors (Lipinski definition) is 3. The molecule has 52 valence electrons. The molecule has 0 aromatic carbocycles. The average molecular weight is 152 g/mol. The van der Waals surface area contributed by atoms with Gasteiger partial charge in [0, 0.05) is 6.20 Å². The molecular formula is C7H6NOS-. The van der Waals surface area contributed by atoms with Gasteiger partial charge in [0.25, 0.3) is 0 Å². The van der Waals surface area contributed by atoms with Crippen molar-refractivity contribution in [1.29, 1.82) is 0 Å². The fraction of sp³-hybridized carbons (Fsp3) is 0.143. The first kappa shape index (κ1) is 7.15. The molecule has 0 amide bonds. The molecule has 0 aliphatic rings. The number of carbonyl (C=O) groups is 1. The maximum Gasteiger partial charge on any atom is 0.0828 e. The predicted molar refractivity (Wildman–Crippen MR) is 40.7 cm³/mol.